The minimum absolute atomic E-state index is 0.0698. The Kier molecular flexibility index (Phi) is 4.53. The zero-order valence-electron chi connectivity index (χ0n) is 9.03. The van der Waals surface area contributed by atoms with Gasteiger partial charge in [-0.15, -0.1) is 0 Å². The first-order valence-electron chi connectivity index (χ1n) is 4.94. The molecule has 0 spiro atoms. The van der Waals surface area contributed by atoms with Crippen LogP contribution in [0.3, 0.4) is 0 Å². The maximum atomic E-state index is 11.3. The molecule has 1 aromatic rings. The third-order valence-corrected chi connectivity index (χ3v) is 1.87. The van der Waals surface area contributed by atoms with Gasteiger partial charge in [-0.1, -0.05) is 0 Å². The average Bonchev–Trinajstić information content (AvgIpc) is 2.30. The van der Waals surface area contributed by atoms with Crippen LogP contribution < -0.4 is 11.0 Å². The Balaban J connectivity index is 2.67. The fourth-order valence-electron chi connectivity index (χ4n) is 1.12. The van der Waals surface area contributed by atoms with Crippen molar-refractivity contribution >= 4 is 24.9 Å². The molecule has 0 aliphatic rings. The van der Waals surface area contributed by atoms with E-state index in [2.05, 4.69) is 5.32 Å². The largest absolute Gasteiger partial charge is 0.462 e. The summed E-state index contributed by atoms with van der Waals surface area (Å²) in [6.07, 6.45) is 0. The van der Waals surface area contributed by atoms with Crippen LogP contribution in [0.1, 0.15) is 17.3 Å². The quantitative estimate of drug-likeness (QED) is 0.578. The summed E-state index contributed by atoms with van der Waals surface area (Å²) < 4.78 is 4.82. The molecule has 6 heteroatoms. The van der Waals surface area contributed by atoms with Crippen molar-refractivity contribution in [2.75, 3.05) is 11.9 Å². The van der Waals surface area contributed by atoms with Crippen molar-refractivity contribution in [3.8, 4) is 0 Å². The molecule has 0 aliphatic carbocycles. The Morgan fingerprint density at radius 3 is 2.50 bits per heavy atom. The molecule has 0 bridgehead atoms. The van der Waals surface area contributed by atoms with Gasteiger partial charge in [-0.2, -0.15) is 0 Å². The van der Waals surface area contributed by atoms with Crippen LogP contribution in [-0.4, -0.2) is 25.8 Å². The Morgan fingerprint density at radius 2 is 2.00 bits per heavy atom. The van der Waals surface area contributed by atoms with Gasteiger partial charge in [0.15, 0.2) is 5.81 Å². The average molecular weight is 220 g/mol. The molecule has 0 radical (unpaired) electrons. The lowest BCUT2D eigenvalue weighted by molar-refractivity contribution is 0.0526. The number of anilines is 1. The first-order chi connectivity index (χ1) is 7.67. The number of esters is 1. The van der Waals surface area contributed by atoms with E-state index in [-0.39, 0.29) is 19.2 Å². The van der Waals surface area contributed by atoms with Crippen LogP contribution in [0.25, 0.3) is 0 Å². The summed E-state index contributed by atoms with van der Waals surface area (Å²) in [7, 11) is -0.0698. The standard InChI is InChI=1S/C10H13BN2O3/c1-2-16-9(14)7-3-5-8(6-4-7)13-10(15)11-12/h3-6,11H,2,12H2,1H3,(H,13,15). The maximum Gasteiger partial charge on any atom is 0.338 e. The van der Waals surface area contributed by atoms with Crippen molar-refractivity contribution in [3.63, 3.8) is 0 Å². The SMILES string of the molecule is CCOC(=O)c1ccc(NC(=O)BN)cc1. The minimum Gasteiger partial charge on any atom is -0.462 e. The zero-order valence-corrected chi connectivity index (χ0v) is 9.03. The molecular weight excluding hydrogens is 207 g/mol. The highest BCUT2D eigenvalue weighted by atomic mass is 16.5. The molecule has 0 heterocycles. The molecular formula is C10H13BN2O3. The van der Waals surface area contributed by atoms with Gasteiger partial charge in [-0.3, -0.25) is 4.79 Å². The lowest BCUT2D eigenvalue weighted by Crippen LogP contribution is -2.24. The predicted molar refractivity (Wildman–Crippen MR) is 62.8 cm³/mol. The van der Waals surface area contributed by atoms with Crippen molar-refractivity contribution < 1.29 is 14.3 Å². The first-order valence-corrected chi connectivity index (χ1v) is 4.94. The Bertz CT molecular complexity index is 378. The number of ether oxygens (including phenoxy) is 1. The molecule has 0 aromatic heterocycles. The van der Waals surface area contributed by atoms with E-state index < -0.39 is 0 Å². The van der Waals surface area contributed by atoms with E-state index in [1.165, 1.54) is 0 Å². The van der Waals surface area contributed by atoms with Crippen molar-refractivity contribution in [1.29, 1.82) is 0 Å². The van der Waals surface area contributed by atoms with Crippen LogP contribution in [-0.2, 0) is 4.74 Å². The normalized spacial score (nSPS) is 9.38. The summed E-state index contributed by atoms with van der Waals surface area (Å²) in [4.78, 5) is 22.3. The van der Waals surface area contributed by atoms with Crippen molar-refractivity contribution in [2.24, 2.45) is 5.64 Å². The van der Waals surface area contributed by atoms with E-state index in [0.29, 0.717) is 17.9 Å². The molecule has 16 heavy (non-hydrogen) atoms. The van der Waals surface area contributed by atoms with E-state index in [1.54, 1.807) is 31.2 Å². The molecule has 0 fully saturated rings. The summed E-state index contributed by atoms with van der Waals surface area (Å²) in [5.41, 5.74) is 6.20. The fraction of sp³-hybridized carbons (Fsp3) is 0.200. The Morgan fingerprint density at radius 1 is 1.38 bits per heavy atom. The molecule has 1 rings (SSSR count). The van der Waals surface area contributed by atoms with Gasteiger partial charge in [0.05, 0.1) is 12.2 Å². The zero-order chi connectivity index (χ0) is 12.0. The smallest absolute Gasteiger partial charge is 0.338 e. The molecule has 0 aliphatic heterocycles. The number of amides is 1. The van der Waals surface area contributed by atoms with Crippen LogP contribution in [0, 0.1) is 0 Å². The van der Waals surface area contributed by atoms with Crippen molar-refractivity contribution in [3.05, 3.63) is 29.8 Å². The highest BCUT2D eigenvalue weighted by molar-refractivity contribution is 6.73. The van der Waals surface area contributed by atoms with Crippen molar-refractivity contribution in [2.45, 2.75) is 6.92 Å². The second-order valence-corrected chi connectivity index (χ2v) is 3.05. The van der Waals surface area contributed by atoms with Crippen LogP contribution in [0.5, 0.6) is 0 Å². The topological polar surface area (TPSA) is 81.4 Å². The number of carbonyl (C=O) groups is 2. The van der Waals surface area contributed by atoms with Gasteiger partial charge in [0, 0.05) is 5.69 Å². The summed E-state index contributed by atoms with van der Waals surface area (Å²) >= 11 is 0. The van der Waals surface area contributed by atoms with Gasteiger partial charge in [0.2, 0.25) is 0 Å². The van der Waals surface area contributed by atoms with E-state index in [4.69, 9.17) is 10.4 Å². The van der Waals surface area contributed by atoms with Crippen LogP contribution in [0.15, 0.2) is 24.3 Å². The van der Waals surface area contributed by atoms with Crippen LogP contribution in [0.4, 0.5) is 10.5 Å². The van der Waals surface area contributed by atoms with E-state index in [9.17, 15) is 9.59 Å². The molecule has 0 atom stereocenters. The summed E-state index contributed by atoms with van der Waals surface area (Å²) in [5, 5.41) is 2.57. The Hall–Kier alpha value is -1.82. The minimum atomic E-state index is -0.376. The third kappa shape index (κ3) is 3.40. The van der Waals surface area contributed by atoms with E-state index in [0.717, 1.165) is 0 Å². The molecule has 5 nitrogen and oxygen atoms in total. The van der Waals surface area contributed by atoms with E-state index >= 15 is 0 Å². The predicted octanol–water partition coefficient (Wildman–Crippen LogP) is 0.705. The number of nitrogens with two attached hydrogens (primary N) is 1. The molecule has 3 N–H and O–H groups in total. The first kappa shape index (κ1) is 12.3. The second-order valence-electron chi connectivity index (χ2n) is 3.05. The summed E-state index contributed by atoms with van der Waals surface area (Å²) in [5.74, 6) is -0.650. The molecule has 1 aromatic carbocycles. The van der Waals surface area contributed by atoms with Crippen LogP contribution in [0.2, 0.25) is 0 Å². The number of nitrogens with one attached hydrogen (secondary N) is 1. The maximum absolute atomic E-state index is 11.3. The molecule has 0 saturated heterocycles. The summed E-state index contributed by atoms with van der Waals surface area (Å²) in [6, 6.07) is 6.42. The van der Waals surface area contributed by atoms with Gasteiger partial charge in [0.1, 0.15) is 0 Å². The molecule has 0 saturated carbocycles. The fourth-order valence-corrected chi connectivity index (χ4v) is 1.12. The molecule has 1 amide bonds. The van der Waals surface area contributed by atoms with Gasteiger partial charge >= 0.3 is 13.4 Å². The van der Waals surface area contributed by atoms with Gasteiger partial charge in [-0.25, -0.2) is 4.79 Å². The second kappa shape index (κ2) is 5.92. The lowest BCUT2D eigenvalue weighted by Gasteiger charge is -2.04. The van der Waals surface area contributed by atoms with Gasteiger partial charge in [-0.05, 0) is 31.2 Å². The molecule has 84 valence electrons. The molecule has 0 unspecified atom stereocenters. The number of carbonyl (C=O) groups excluding carboxylic acids is 2. The number of rotatable bonds is 4. The van der Waals surface area contributed by atoms with Crippen LogP contribution >= 0.6 is 0 Å². The highest BCUT2D eigenvalue weighted by Gasteiger charge is 2.06. The Labute approximate surface area is 94.2 Å². The number of benzene rings is 1. The monoisotopic (exact) mass is 220 g/mol. The number of hydrogen-bond donors (Lipinski definition) is 2. The van der Waals surface area contributed by atoms with Gasteiger partial charge in [0.25, 0.3) is 0 Å². The van der Waals surface area contributed by atoms with E-state index in [1.807, 2.05) is 0 Å². The highest BCUT2D eigenvalue weighted by Crippen LogP contribution is 2.10. The van der Waals surface area contributed by atoms with Gasteiger partial charge < -0.3 is 15.7 Å². The van der Waals surface area contributed by atoms with Crippen molar-refractivity contribution in [1.82, 2.24) is 0 Å². The third-order valence-electron chi connectivity index (χ3n) is 1.87. The lowest BCUT2D eigenvalue weighted by atomic mass is 9.96. The number of hydrogen-bond acceptors (Lipinski definition) is 4. The summed E-state index contributed by atoms with van der Waals surface area (Å²) in [6.45, 7) is 2.08.